The van der Waals surface area contributed by atoms with Gasteiger partial charge >= 0.3 is 6.03 Å². The fraction of sp³-hybridized carbons (Fsp3) is 0.143. The first-order valence-corrected chi connectivity index (χ1v) is 11.7. The van der Waals surface area contributed by atoms with Gasteiger partial charge in [0.1, 0.15) is 17.8 Å². The second-order valence-corrected chi connectivity index (χ2v) is 8.86. The van der Waals surface area contributed by atoms with Crippen molar-refractivity contribution in [2.45, 2.75) is 19.0 Å². The lowest BCUT2D eigenvalue weighted by molar-refractivity contribution is -0.133. The lowest BCUT2D eigenvalue weighted by atomic mass is 9.90. The third-order valence-electron chi connectivity index (χ3n) is 6.35. The first kappa shape index (κ1) is 23.8. The first-order valence-electron chi connectivity index (χ1n) is 11.7. The van der Waals surface area contributed by atoms with E-state index in [2.05, 4.69) is 16.0 Å². The first-order chi connectivity index (χ1) is 17.8. The normalized spacial score (nSPS) is 17.1. The highest BCUT2D eigenvalue weighted by molar-refractivity contribution is 6.11. The molecule has 0 radical (unpaired) electrons. The van der Waals surface area contributed by atoms with E-state index in [1.165, 1.54) is 6.26 Å². The van der Waals surface area contributed by atoms with Gasteiger partial charge in [-0.15, -0.1) is 0 Å². The highest BCUT2D eigenvalue weighted by Crippen LogP contribution is 2.31. The molecule has 9 nitrogen and oxygen atoms in total. The molecule has 2 heterocycles. The van der Waals surface area contributed by atoms with E-state index < -0.39 is 35.8 Å². The molecule has 1 aliphatic rings. The van der Waals surface area contributed by atoms with Crippen LogP contribution in [0.3, 0.4) is 0 Å². The van der Waals surface area contributed by atoms with E-state index in [-0.39, 0.29) is 17.8 Å². The summed E-state index contributed by atoms with van der Waals surface area (Å²) in [6, 6.07) is 22.5. The minimum atomic E-state index is -1.31. The van der Waals surface area contributed by atoms with Crippen molar-refractivity contribution in [3.05, 3.63) is 102 Å². The molecule has 1 saturated heterocycles. The second kappa shape index (κ2) is 9.62. The second-order valence-electron chi connectivity index (χ2n) is 8.86. The number of carbonyl (C=O) groups is 4. The van der Waals surface area contributed by atoms with Crippen LogP contribution in [0.25, 0.3) is 10.8 Å². The smallest absolute Gasteiger partial charge is 0.325 e. The molecule has 5 rings (SSSR count). The van der Waals surface area contributed by atoms with Gasteiger partial charge in [0.25, 0.3) is 11.8 Å². The van der Waals surface area contributed by atoms with Gasteiger partial charge in [0.2, 0.25) is 5.91 Å². The molecule has 0 saturated carbocycles. The SMILES string of the molecule is C[C@@]1(c2ccc3ccccc3c2)NC(=O)N(CC(=O)Nc2ccccc2C(=O)NCc2ccco2)C1=O. The predicted molar refractivity (Wildman–Crippen MR) is 136 cm³/mol. The van der Waals surface area contributed by atoms with Crippen molar-refractivity contribution in [3.8, 4) is 0 Å². The maximum Gasteiger partial charge on any atom is 0.325 e. The fourth-order valence-electron chi connectivity index (χ4n) is 4.34. The van der Waals surface area contributed by atoms with Crippen molar-refractivity contribution in [3.63, 3.8) is 0 Å². The summed E-state index contributed by atoms with van der Waals surface area (Å²) in [5.74, 6) is -0.973. The third-order valence-corrected chi connectivity index (χ3v) is 6.35. The maximum atomic E-state index is 13.3. The van der Waals surface area contributed by atoms with Crippen molar-refractivity contribution >= 4 is 40.2 Å². The van der Waals surface area contributed by atoms with E-state index in [0.717, 1.165) is 15.7 Å². The Morgan fingerprint density at radius 1 is 0.946 bits per heavy atom. The molecule has 3 N–H and O–H groups in total. The predicted octanol–water partition coefficient (Wildman–Crippen LogP) is 3.77. The van der Waals surface area contributed by atoms with Gasteiger partial charge in [-0.25, -0.2) is 4.79 Å². The summed E-state index contributed by atoms with van der Waals surface area (Å²) in [5.41, 5.74) is -0.203. The van der Waals surface area contributed by atoms with Gasteiger partial charge in [0.15, 0.2) is 0 Å². The average molecular weight is 497 g/mol. The Morgan fingerprint density at radius 2 is 1.70 bits per heavy atom. The van der Waals surface area contributed by atoms with Crippen LogP contribution in [0.5, 0.6) is 0 Å². The zero-order valence-corrected chi connectivity index (χ0v) is 20.0. The number of nitrogens with one attached hydrogen (secondary N) is 3. The lowest BCUT2D eigenvalue weighted by Gasteiger charge is -2.22. The summed E-state index contributed by atoms with van der Waals surface area (Å²) >= 11 is 0. The fourth-order valence-corrected chi connectivity index (χ4v) is 4.34. The summed E-state index contributed by atoms with van der Waals surface area (Å²) in [4.78, 5) is 52.5. The van der Waals surface area contributed by atoms with Crippen LogP contribution in [0.15, 0.2) is 89.5 Å². The number of hydrogen-bond donors (Lipinski definition) is 3. The molecule has 37 heavy (non-hydrogen) atoms. The maximum absolute atomic E-state index is 13.3. The molecule has 0 aliphatic carbocycles. The monoisotopic (exact) mass is 496 g/mol. The minimum Gasteiger partial charge on any atom is -0.467 e. The average Bonchev–Trinajstić information content (AvgIpc) is 3.50. The third kappa shape index (κ3) is 4.66. The number of benzene rings is 3. The number of furan rings is 1. The molecule has 9 heteroatoms. The number of urea groups is 1. The van der Waals surface area contributed by atoms with Crippen LogP contribution in [-0.4, -0.2) is 35.2 Å². The molecule has 1 aromatic heterocycles. The molecule has 5 amide bonds. The zero-order valence-electron chi connectivity index (χ0n) is 20.0. The summed E-state index contributed by atoms with van der Waals surface area (Å²) in [6.45, 7) is 1.30. The van der Waals surface area contributed by atoms with E-state index in [9.17, 15) is 19.2 Å². The van der Waals surface area contributed by atoms with Gasteiger partial charge in [-0.3, -0.25) is 19.3 Å². The Labute approximate surface area is 212 Å². The molecule has 0 unspecified atom stereocenters. The number of fused-ring (bicyclic) bond motifs is 1. The van der Waals surface area contributed by atoms with Crippen molar-refractivity contribution in [2.24, 2.45) is 0 Å². The van der Waals surface area contributed by atoms with Crippen molar-refractivity contribution < 1.29 is 23.6 Å². The number of anilines is 1. The van der Waals surface area contributed by atoms with Crippen LogP contribution < -0.4 is 16.0 Å². The van der Waals surface area contributed by atoms with Crippen LogP contribution in [0.1, 0.15) is 28.6 Å². The Morgan fingerprint density at radius 3 is 2.49 bits per heavy atom. The molecule has 0 spiro atoms. The van der Waals surface area contributed by atoms with Gasteiger partial charge in [0.05, 0.1) is 24.1 Å². The van der Waals surface area contributed by atoms with E-state index in [1.807, 2.05) is 36.4 Å². The minimum absolute atomic E-state index is 0.184. The van der Waals surface area contributed by atoms with Crippen molar-refractivity contribution in [1.29, 1.82) is 0 Å². The number of para-hydroxylation sites is 1. The molecule has 4 aromatic rings. The molecule has 0 bridgehead atoms. The van der Waals surface area contributed by atoms with E-state index in [4.69, 9.17) is 4.42 Å². The van der Waals surface area contributed by atoms with E-state index >= 15 is 0 Å². The molecule has 3 aromatic carbocycles. The van der Waals surface area contributed by atoms with Gasteiger partial charge < -0.3 is 20.4 Å². The lowest BCUT2D eigenvalue weighted by Crippen LogP contribution is -2.42. The van der Waals surface area contributed by atoms with Crippen LogP contribution in [-0.2, 0) is 21.7 Å². The Kier molecular flexibility index (Phi) is 6.19. The highest BCUT2D eigenvalue weighted by Gasteiger charge is 2.49. The Hall–Kier alpha value is -4.92. The number of carbonyl (C=O) groups excluding carboxylic acids is 4. The van der Waals surface area contributed by atoms with Crippen LogP contribution in [0, 0.1) is 0 Å². The quantitative estimate of drug-likeness (QED) is 0.337. The molecular weight excluding hydrogens is 472 g/mol. The molecule has 1 aliphatic heterocycles. The molecule has 1 atom stereocenters. The van der Waals surface area contributed by atoms with Crippen LogP contribution in [0.4, 0.5) is 10.5 Å². The summed E-state index contributed by atoms with van der Waals surface area (Å²) in [7, 11) is 0. The van der Waals surface area contributed by atoms with Gasteiger partial charge in [0, 0.05) is 0 Å². The standard InChI is InChI=1S/C28H24N4O5/c1-28(20-13-12-18-7-2-3-8-19(18)15-20)26(35)32(27(36)31-28)17-24(33)30-23-11-5-4-10-22(23)25(34)29-16-21-9-6-14-37-21/h2-15H,16-17H2,1H3,(H,29,34)(H,30,33)(H,31,36)/t28-/m0/s1. The number of hydrogen-bond acceptors (Lipinski definition) is 5. The number of amides is 5. The summed E-state index contributed by atoms with van der Waals surface area (Å²) in [6.07, 6.45) is 1.51. The Balaban J connectivity index is 1.29. The topological polar surface area (TPSA) is 121 Å². The molecule has 1 fully saturated rings. The molecule has 186 valence electrons. The Bertz CT molecular complexity index is 1510. The van der Waals surface area contributed by atoms with Crippen molar-refractivity contribution in [2.75, 3.05) is 11.9 Å². The number of rotatable bonds is 7. The molecular formula is C28H24N4O5. The van der Waals surface area contributed by atoms with Gasteiger partial charge in [-0.2, -0.15) is 0 Å². The van der Waals surface area contributed by atoms with E-state index in [1.54, 1.807) is 49.4 Å². The van der Waals surface area contributed by atoms with Gasteiger partial charge in [-0.05, 0) is 53.6 Å². The largest absolute Gasteiger partial charge is 0.467 e. The van der Waals surface area contributed by atoms with Crippen LogP contribution >= 0.6 is 0 Å². The summed E-state index contributed by atoms with van der Waals surface area (Å²) < 4.78 is 5.22. The van der Waals surface area contributed by atoms with Crippen molar-refractivity contribution in [1.82, 2.24) is 15.5 Å². The number of nitrogens with zero attached hydrogens (tertiary/aromatic N) is 1. The highest BCUT2D eigenvalue weighted by atomic mass is 16.3. The van der Waals surface area contributed by atoms with Gasteiger partial charge in [-0.1, -0.05) is 48.5 Å². The van der Waals surface area contributed by atoms with E-state index in [0.29, 0.717) is 11.3 Å². The summed E-state index contributed by atoms with van der Waals surface area (Å²) in [5, 5.41) is 10.0. The van der Waals surface area contributed by atoms with Crippen LogP contribution in [0.2, 0.25) is 0 Å². The number of imide groups is 1. The zero-order chi connectivity index (χ0) is 26.0.